The van der Waals surface area contributed by atoms with Crippen molar-refractivity contribution in [3.63, 3.8) is 0 Å². The Balaban J connectivity index is 1.71. The molecule has 1 atom stereocenters. The van der Waals surface area contributed by atoms with Crippen molar-refractivity contribution in [1.82, 2.24) is 15.1 Å². The lowest BCUT2D eigenvalue weighted by Gasteiger charge is -2.25. The molecule has 1 N–H and O–H groups in total. The van der Waals surface area contributed by atoms with Crippen LogP contribution in [0.15, 0.2) is 4.99 Å². The van der Waals surface area contributed by atoms with Gasteiger partial charge in [0.15, 0.2) is 5.96 Å². The maximum Gasteiger partial charge on any atom is 0.193 e. The molecule has 5 heteroatoms. The van der Waals surface area contributed by atoms with E-state index in [1.807, 2.05) is 0 Å². The molecule has 22 heavy (non-hydrogen) atoms. The Hall–Kier alpha value is -0.810. The van der Waals surface area contributed by atoms with Gasteiger partial charge in [0.05, 0.1) is 13.2 Å². The fraction of sp³-hybridized carbons (Fsp3) is 0.941. The zero-order chi connectivity index (χ0) is 15.9. The Morgan fingerprint density at radius 1 is 1.27 bits per heavy atom. The summed E-state index contributed by atoms with van der Waals surface area (Å²) < 4.78 is 5.73. The molecule has 0 aromatic heterocycles. The highest BCUT2D eigenvalue weighted by molar-refractivity contribution is 5.79. The number of hydrogen-bond acceptors (Lipinski definition) is 3. The summed E-state index contributed by atoms with van der Waals surface area (Å²) >= 11 is 0. The van der Waals surface area contributed by atoms with Gasteiger partial charge in [-0.1, -0.05) is 0 Å². The van der Waals surface area contributed by atoms with E-state index in [9.17, 15) is 0 Å². The third-order valence-corrected chi connectivity index (χ3v) is 4.64. The molecular formula is C17H34N4O. The Bertz CT molecular complexity index is 353. The van der Waals surface area contributed by atoms with Gasteiger partial charge in [-0.15, -0.1) is 0 Å². The van der Waals surface area contributed by atoms with Gasteiger partial charge in [-0.05, 0) is 52.5 Å². The lowest BCUT2D eigenvalue weighted by Crippen LogP contribution is -2.42. The lowest BCUT2D eigenvalue weighted by molar-refractivity contribution is 0.115. The average Bonchev–Trinajstić information content (AvgIpc) is 3.39. The number of nitrogens with one attached hydrogen (secondary N) is 1. The van der Waals surface area contributed by atoms with E-state index >= 15 is 0 Å². The molecule has 0 aromatic carbocycles. The van der Waals surface area contributed by atoms with Crippen LogP contribution in [0, 0.1) is 5.92 Å². The standard InChI is InChI=1S/C17H34N4O/c1-5-18-17(19-12-14(2)21(4)16-8-9-16)20(3)10-11-22-13-15-6-7-15/h14-16H,5-13H2,1-4H3,(H,18,19). The van der Waals surface area contributed by atoms with Crippen LogP contribution in [0.5, 0.6) is 0 Å². The highest BCUT2D eigenvalue weighted by Crippen LogP contribution is 2.28. The molecule has 0 radical (unpaired) electrons. The molecule has 2 rings (SSSR count). The van der Waals surface area contributed by atoms with Gasteiger partial charge in [-0.2, -0.15) is 0 Å². The smallest absolute Gasteiger partial charge is 0.193 e. The van der Waals surface area contributed by atoms with Crippen LogP contribution in [0.2, 0.25) is 0 Å². The van der Waals surface area contributed by atoms with E-state index in [1.54, 1.807) is 0 Å². The van der Waals surface area contributed by atoms with Crippen LogP contribution in [0.25, 0.3) is 0 Å². The number of rotatable bonds is 10. The molecule has 0 spiro atoms. The van der Waals surface area contributed by atoms with Crippen molar-refractivity contribution >= 4 is 5.96 Å². The lowest BCUT2D eigenvalue weighted by atomic mass is 10.3. The van der Waals surface area contributed by atoms with Gasteiger partial charge in [0, 0.05) is 38.8 Å². The van der Waals surface area contributed by atoms with Gasteiger partial charge in [0.2, 0.25) is 0 Å². The second-order valence-electron chi connectivity index (χ2n) is 6.88. The van der Waals surface area contributed by atoms with Gasteiger partial charge in [-0.3, -0.25) is 9.89 Å². The van der Waals surface area contributed by atoms with Crippen molar-refractivity contribution in [1.29, 1.82) is 0 Å². The average molecular weight is 310 g/mol. The first-order valence-electron chi connectivity index (χ1n) is 8.91. The number of hydrogen-bond donors (Lipinski definition) is 1. The summed E-state index contributed by atoms with van der Waals surface area (Å²) in [6.07, 6.45) is 5.41. The molecule has 0 aromatic rings. The predicted octanol–water partition coefficient (Wildman–Crippen LogP) is 1.79. The number of ether oxygens (including phenoxy) is 1. The number of aliphatic imine (C=N–C) groups is 1. The van der Waals surface area contributed by atoms with Crippen molar-refractivity contribution in [3.8, 4) is 0 Å². The van der Waals surface area contributed by atoms with Gasteiger partial charge in [0.1, 0.15) is 0 Å². The van der Waals surface area contributed by atoms with E-state index in [2.05, 4.69) is 43.1 Å². The third kappa shape index (κ3) is 6.13. The van der Waals surface area contributed by atoms with Crippen molar-refractivity contribution < 1.29 is 4.74 Å². The Morgan fingerprint density at radius 2 is 2.00 bits per heavy atom. The summed E-state index contributed by atoms with van der Waals surface area (Å²) in [5, 5.41) is 3.39. The molecule has 128 valence electrons. The normalized spacial score (nSPS) is 20.3. The Morgan fingerprint density at radius 3 is 2.59 bits per heavy atom. The molecule has 0 aliphatic heterocycles. The molecular weight excluding hydrogens is 276 g/mol. The fourth-order valence-corrected chi connectivity index (χ4v) is 2.50. The van der Waals surface area contributed by atoms with Crippen molar-refractivity contribution in [2.45, 2.75) is 51.6 Å². The van der Waals surface area contributed by atoms with E-state index in [1.165, 1.54) is 25.7 Å². The van der Waals surface area contributed by atoms with Gasteiger partial charge in [0.25, 0.3) is 0 Å². The third-order valence-electron chi connectivity index (χ3n) is 4.64. The van der Waals surface area contributed by atoms with E-state index < -0.39 is 0 Å². The first-order chi connectivity index (χ1) is 10.6. The first kappa shape index (κ1) is 17.5. The minimum absolute atomic E-state index is 0.501. The van der Waals surface area contributed by atoms with Gasteiger partial charge in [-0.25, -0.2) is 0 Å². The molecule has 2 aliphatic carbocycles. The molecule has 0 bridgehead atoms. The van der Waals surface area contributed by atoms with E-state index in [-0.39, 0.29) is 0 Å². The summed E-state index contributed by atoms with van der Waals surface area (Å²) in [6, 6.07) is 1.29. The predicted molar refractivity (Wildman–Crippen MR) is 92.4 cm³/mol. The monoisotopic (exact) mass is 310 g/mol. The Kier molecular flexibility index (Phi) is 6.96. The molecule has 5 nitrogen and oxygen atoms in total. The molecule has 0 amide bonds. The van der Waals surface area contributed by atoms with Crippen molar-refractivity contribution in [2.75, 3.05) is 46.9 Å². The maximum absolute atomic E-state index is 5.73. The second kappa shape index (κ2) is 8.73. The fourth-order valence-electron chi connectivity index (χ4n) is 2.50. The first-order valence-corrected chi connectivity index (χ1v) is 8.91. The topological polar surface area (TPSA) is 40.1 Å². The number of guanidine groups is 1. The molecule has 0 heterocycles. The summed E-state index contributed by atoms with van der Waals surface area (Å²) in [4.78, 5) is 9.45. The van der Waals surface area contributed by atoms with Crippen molar-refractivity contribution in [3.05, 3.63) is 0 Å². The molecule has 2 fully saturated rings. The minimum atomic E-state index is 0.501. The molecule has 2 saturated carbocycles. The maximum atomic E-state index is 5.73. The van der Waals surface area contributed by atoms with Crippen LogP contribution < -0.4 is 5.32 Å². The largest absolute Gasteiger partial charge is 0.379 e. The Labute approximate surface area is 136 Å². The number of nitrogens with zero attached hydrogens (tertiary/aromatic N) is 3. The summed E-state index contributed by atoms with van der Waals surface area (Å²) in [6.45, 7) is 8.75. The van der Waals surface area contributed by atoms with Crippen LogP contribution in [0.1, 0.15) is 39.5 Å². The summed E-state index contributed by atoms with van der Waals surface area (Å²) in [7, 11) is 4.32. The zero-order valence-corrected chi connectivity index (χ0v) is 14.8. The van der Waals surface area contributed by atoms with E-state index in [4.69, 9.17) is 9.73 Å². The molecule has 2 aliphatic rings. The summed E-state index contributed by atoms with van der Waals surface area (Å²) in [5.41, 5.74) is 0. The van der Waals surface area contributed by atoms with E-state index in [0.717, 1.165) is 50.8 Å². The van der Waals surface area contributed by atoms with Crippen molar-refractivity contribution in [2.24, 2.45) is 10.9 Å². The summed E-state index contributed by atoms with van der Waals surface area (Å²) in [5.74, 6) is 1.83. The van der Waals surface area contributed by atoms with Gasteiger partial charge >= 0.3 is 0 Å². The quantitative estimate of drug-likeness (QED) is 0.379. The van der Waals surface area contributed by atoms with Gasteiger partial charge < -0.3 is 15.0 Å². The van der Waals surface area contributed by atoms with Crippen LogP contribution in [0.4, 0.5) is 0 Å². The van der Waals surface area contributed by atoms with Crippen LogP contribution in [-0.2, 0) is 4.74 Å². The number of likely N-dealkylation sites (N-methyl/N-ethyl adjacent to an activating group) is 2. The van der Waals surface area contributed by atoms with Crippen LogP contribution in [0.3, 0.4) is 0 Å². The van der Waals surface area contributed by atoms with Crippen LogP contribution >= 0.6 is 0 Å². The van der Waals surface area contributed by atoms with Crippen LogP contribution in [-0.4, -0.2) is 74.8 Å². The highest BCUT2D eigenvalue weighted by Gasteiger charge is 2.29. The molecule has 1 unspecified atom stereocenters. The second-order valence-corrected chi connectivity index (χ2v) is 6.88. The highest BCUT2D eigenvalue weighted by atomic mass is 16.5. The van der Waals surface area contributed by atoms with E-state index in [0.29, 0.717) is 6.04 Å². The SMILES string of the molecule is CCNC(=NCC(C)N(C)C1CC1)N(C)CCOCC1CC1. The minimum Gasteiger partial charge on any atom is -0.379 e. The zero-order valence-electron chi connectivity index (χ0n) is 14.8. The molecule has 0 saturated heterocycles.